The van der Waals surface area contributed by atoms with Gasteiger partial charge < -0.3 is 9.84 Å². The van der Waals surface area contributed by atoms with Gasteiger partial charge in [0, 0.05) is 24.5 Å². The van der Waals surface area contributed by atoms with Crippen LogP contribution in [0.4, 0.5) is 0 Å². The molecule has 0 saturated heterocycles. The van der Waals surface area contributed by atoms with Crippen LogP contribution in [0.15, 0.2) is 12.1 Å². The van der Waals surface area contributed by atoms with Crippen molar-refractivity contribution >= 4 is 0 Å². The SMILES string of the molecule is OC[C@@H]1CCc2ccc3c(c21)CCO3. The van der Waals surface area contributed by atoms with E-state index in [2.05, 4.69) is 12.1 Å². The van der Waals surface area contributed by atoms with Crippen molar-refractivity contribution in [1.29, 1.82) is 0 Å². The molecule has 1 atom stereocenters. The Bertz CT molecular complexity index is 371. The van der Waals surface area contributed by atoms with Crippen LogP contribution in [0.1, 0.15) is 29.0 Å². The lowest BCUT2D eigenvalue weighted by Crippen LogP contribution is -2.02. The van der Waals surface area contributed by atoms with Crippen LogP contribution in [0.5, 0.6) is 5.75 Å². The van der Waals surface area contributed by atoms with Crippen molar-refractivity contribution in [2.24, 2.45) is 0 Å². The fraction of sp³-hybridized carbons (Fsp3) is 0.500. The van der Waals surface area contributed by atoms with E-state index in [4.69, 9.17) is 4.74 Å². The van der Waals surface area contributed by atoms with E-state index in [9.17, 15) is 5.11 Å². The summed E-state index contributed by atoms with van der Waals surface area (Å²) >= 11 is 0. The molecule has 0 fully saturated rings. The summed E-state index contributed by atoms with van der Waals surface area (Å²) < 4.78 is 5.53. The molecule has 2 aliphatic rings. The van der Waals surface area contributed by atoms with Gasteiger partial charge in [0.1, 0.15) is 5.75 Å². The molecule has 74 valence electrons. The highest BCUT2D eigenvalue weighted by molar-refractivity contribution is 5.51. The second-order valence-corrected chi connectivity index (χ2v) is 4.13. The van der Waals surface area contributed by atoms with Crippen LogP contribution in [-0.2, 0) is 12.8 Å². The molecule has 0 unspecified atom stereocenters. The Balaban J connectivity index is 2.16. The van der Waals surface area contributed by atoms with Crippen molar-refractivity contribution < 1.29 is 9.84 Å². The average molecular weight is 190 g/mol. The minimum Gasteiger partial charge on any atom is -0.493 e. The van der Waals surface area contributed by atoms with Crippen LogP contribution < -0.4 is 4.74 Å². The number of aliphatic hydroxyl groups excluding tert-OH is 1. The van der Waals surface area contributed by atoms with Crippen molar-refractivity contribution in [2.75, 3.05) is 13.2 Å². The molecule has 0 bridgehead atoms. The summed E-state index contributed by atoms with van der Waals surface area (Å²) in [5, 5.41) is 9.30. The van der Waals surface area contributed by atoms with E-state index in [1.807, 2.05) is 0 Å². The molecule has 14 heavy (non-hydrogen) atoms. The Morgan fingerprint density at radius 2 is 2.29 bits per heavy atom. The fourth-order valence-electron chi connectivity index (χ4n) is 2.73. The minimum absolute atomic E-state index is 0.281. The summed E-state index contributed by atoms with van der Waals surface area (Å²) in [5.74, 6) is 1.41. The molecule has 1 aromatic rings. The third kappa shape index (κ3) is 1.01. The number of hydrogen-bond donors (Lipinski definition) is 1. The zero-order valence-electron chi connectivity index (χ0n) is 8.12. The first-order chi connectivity index (χ1) is 6.90. The van der Waals surface area contributed by atoms with Crippen LogP contribution >= 0.6 is 0 Å². The molecule has 1 aliphatic carbocycles. The first-order valence-electron chi connectivity index (χ1n) is 5.28. The maximum absolute atomic E-state index is 9.30. The normalized spacial score (nSPS) is 23.1. The summed E-state index contributed by atoms with van der Waals surface area (Å²) in [4.78, 5) is 0. The lowest BCUT2D eigenvalue weighted by molar-refractivity contribution is 0.264. The van der Waals surface area contributed by atoms with Crippen molar-refractivity contribution in [3.8, 4) is 5.75 Å². The molecular weight excluding hydrogens is 176 g/mol. The van der Waals surface area contributed by atoms with E-state index < -0.39 is 0 Å². The van der Waals surface area contributed by atoms with E-state index >= 15 is 0 Å². The molecular formula is C12H14O2. The Hall–Kier alpha value is -1.02. The van der Waals surface area contributed by atoms with Crippen LogP contribution in [0, 0.1) is 0 Å². The molecule has 2 nitrogen and oxygen atoms in total. The van der Waals surface area contributed by atoms with Gasteiger partial charge >= 0.3 is 0 Å². The molecule has 0 spiro atoms. The molecule has 1 N–H and O–H groups in total. The Labute approximate surface area is 83.5 Å². The zero-order chi connectivity index (χ0) is 9.54. The van der Waals surface area contributed by atoms with Crippen molar-refractivity contribution in [1.82, 2.24) is 0 Å². The zero-order valence-corrected chi connectivity index (χ0v) is 8.12. The Morgan fingerprint density at radius 3 is 3.14 bits per heavy atom. The summed E-state index contributed by atoms with van der Waals surface area (Å²) in [7, 11) is 0. The van der Waals surface area contributed by atoms with Gasteiger partial charge in [-0.15, -0.1) is 0 Å². The van der Waals surface area contributed by atoms with Crippen LogP contribution in [0.3, 0.4) is 0 Å². The maximum atomic E-state index is 9.30. The molecule has 1 aromatic carbocycles. The van der Waals surface area contributed by atoms with E-state index in [1.165, 1.54) is 16.7 Å². The predicted octanol–water partition coefficient (Wildman–Crippen LogP) is 1.64. The van der Waals surface area contributed by atoms with Gasteiger partial charge in [-0.25, -0.2) is 0 Å². The van der Waals surface area contributed by atoms with Crippen LogP contribution in [0.25, 0.3) is 0 Å². The van der Waals surface area contributed by atoms with Crippen molar-refractivity contribution in [3.05, 3.63) is 28.8 Å². The third-order valence-corrected chi connectivity index (χ3v) is 3.40. The average Bonchev–Trinajstić information content (AvgIpc) is 2.82. The van der Waals surface area contributed by atoms with Gasteiger partial charge in [0.25, 0.3) is 0 Å². The van der Waals surface area contributed by atoms with Gasteiger partial charge in [-0.2, -0.15) is 0 Å². The van der Waals surface area contributed by atoms with Gasteiger partial charge in [-0.1, -0.05) is 6.07 Å². The van der Waals surface area contributed by atoms with E-state index in [-0.39, 0.29) is 6.61 Å². The highest BCUT2D eigenvalue weighted by Gasteiger charge is 2.28. The lowest BCUT2D eigenvalue weighted by Gasteiger charge is -2.11. The quantitative estimate of drug-likeness (QED) is 0.729. The molecule has 3 rings (SSSR count). The maximum Gasteiger partial charge on any atom is 0.122 e. The number of hydrogen-bond acceptors (Lipinski definition) is 2. The number of aryl methyl sites for hydroxylation is 1. The molecule has 0 amide bonds. The monoisotopic (exact) mass is 190 g/mol. The second-order valence-electron chi connectivity index (χ2n) is 4.13. The Kier molecular flexibility index (Phi) is 1.77. The van der Waals surface area contributed by atoms with Crippen molar-refractivity contribution in [3.63, 3.8) is 0 Å². The number of aliphatic hydroxyl groups is 1. The summed E-state index contributed by atoms with van der Waals surface area (Å²) in [6, 6.07) is 4.25. The Morgan fingerprint density at radius 1 is 1.36 bits per heavy atom. The highest BCUT2D eigenvalue weighted by atomic mass is 16.5. The fourth-order valence-corrected chi connectivity index (χ4v) is 2.73. The molecule has 1 aliphatic heterocycles. The molecule has 0 saturated carbocycles. The second kappa shape index (κ2) is 2.99. The third-order valence-electron chi connectivity index (χ3n) is 3.40. The summed E-state index contributed by atoms with van der Waals surface area (Å²) in [6.07, 6.45) is 3.24. The number of ether oxygens (including phenoxy) is 1. The molecule has 1 heterocycles. The number of fused-ring (bicyclic) bond motifs is 3. The van der Waals surface area contributed by atoms with Crippen LogP contribution in [0.2, 0.25) is 0 Å². The first-order valence-corrected chi connectivity index (χ1v) is 5.28. The van der Waals surface area contributed by atoms with Crippen molar-refractivity contribution in [2.45, 2.75) is 25.2 Å². The predicted molar refractivity (Wildman–Crippen MR) is 53.8 cm³/mol. The molecule has 0 aromatic heterocycles. The van der Waals surface area contributed by atoms with Crippen LogP contribution in [-0.4, -0.2) is 18.3 Å². The van der Waals surface area contributed by atoms with Gasteiger partial charge in [-0.05, 0) is 30.0 Å². The standard InChI is InChI=1S/C12H14O2/c13-7-9-2-1-8-3-4-11-10(12(8)9)5-6-14-11/h3-4,9,13H,1-2,5-7H2/t9-/m0/s1. The lowest BCUT2D eigenvalue weighted by atomic mass is 9.95. The van der Waals surface area contributed by atoms with E-state index in [0.29, 0.717) is 5.92 Å². The van der Waals surface area contributed by atoms with Gasteiger partial charge in [0.05, 0.1) is 6.61 Å². The molecule has 0 radical (unpaired) electrons. The topological polar surface area (TPSA) is 29.5 Å². The summed E-state index contributed by atoms with van der Waals surface area (Å²) in [6.45, 7) is 1.09. The molecule has 2 heteroatoms. The van der Waals surface area contributed by atoms with Gasteiger partial charge in [0.2, 0.25) is 0 Å². The number of benzene rings is 1. The number of rotatable bonds is 1. The highest BCUT2D eigenvalue weighted by Crippen LogP contribution is 2.41. The smallest absolute Gasteiger partial charge is 0.122 e. The van der Waals surface area contributed by atoms with Gasteiger partial charge in [0.15, 0.2) is 0 Å². The largest absolute Gasteiger partial charge is 0.493 e. The van der Waals surface area contributed by atoms with Gasteiger partial charge in [-0.3, -0.25) is 0 Å². The first kappa shape index (κ1) is 8.30. The van der Waals surface area contributed by atoms with E-state index in [1.54, 1.807) is 0 Å². The van der Waals surface area contributed by atoms with E-state index in [0.717, 1.165) is 31.6 Å². The minimum atomic E-state index is 0.281. The summed E-state index contributed by atoms with van der Waals surface area (Å²) in [5.41, 5.74) is 4.18.